The van der Waals surface area contributed by atoms with Gasteiger partial charge in [0.25, 0.3) is 5.91 Å². The summed E-state index contributed by atoms with van der Waals surface area (Å²) in [5.74, 6) is -1.53. The number of carboxylic acids is 1. The van der Waals surface area contributed by atoms with Crippen LogP contribution in [0.2, 0.25) is 5.02 Å². The second kappa shape index (κ2) is 5.13. The predicted molar refractivity (Wildman–Crippen MR) is 76.5 cm³/mol. The van der Waals surface area contributed by atoms with Gasteiger partial charge in [-0.05, 0) is 6.92 Å². The molecule has 3 rings (SSSR count). The molecule has 0 spiro atoms. The highest BCUT2D eigenvalue weighted by atomic mass is 35.5. The molecule has 1 atom stereocenters. The Morgan fingerprint density at radius 2 is 2.23 bits per heavy atom. The zero-order chi connectivity index (χ0) is 16.0. The minimum atomic E-state index is -1.07. The molecule has 22 heavy (non-hydrogen) atoms. The summed E-state index contributed by atoms with van der Waals surface area (Å²) in [5.41, 5.74) is 2.12. The molecule has 2 aromatic rings. The second-order valence-electron chi connectivity index (χ2n) is 5.19. The first-order valence-electron chi connectivity index (χ1n) is 6.64. The maximum atomic E-state index is 12.8. The summed E-state index contributed by atoms with van der Waals surface area (Å²) < 4.78 is 1.38. The third-order valence-corrected chi connectivity index (χ3v) is 4.25. The lowest BCUT2D eigenvalue weighted by Crippen LogP contribution is -2.49. The molecule has 0 aliphatic carbocycles. The van der Waals surface area contributed by atoms with Crippen LogP contribution in [0.15, 0.2) is 6.33 Å². The fourth-order valence-electron chi connectivity index (χ4n) is 2.67. The largest absolute Gasteiger partial charge is 0.480 e. The fourth-order valence-corrected chi connectivity index (χ4v) is 2.91. The number of nitrogens with one attached hydrogen (secondary N) is 1. The molecule has 1 aliphatic heterocycles. The van der Waals surface area contributed by atoms with E-state index in [2.05, 4.69) is 15.1 Å². The van der Waals surface area contributed by atoms with Crippen molar-refractivity contribution >= 4 is 23.5 Å². The molecule has 0 aromatic carbocycles. The van der Waals surface area contributed by atoms with Crippen LogP contribution in [0.25, 0.3) is 0 Å². The Kier molecular flexibility index (Phi) is 3.40. The summed E-state index contributed by atoms with van der Waals surface area (Å²) in [6, 6.07) is -0.977. The highest BCUT2D eigenvalue weighted by Crippen LogP contribution is 2.26. The van der Waals surface area contributed by atoms with Crippen LogP contribution in [0.4, 0.5) is 0 Å². The first kappa shape index (κ1) is 14.6. The molecule has 1 unspecified atom stereocenters. The summed E-state index contributed by atoms with van der Waals surface area (Å²) in [5, 5.41) is 13.8. The van der Waals surface area contributed by atoms with Crippen LogP contribution in [-0.2, 0) is 24.8 Å². The highest BCUT2D eigenvalue weighted by Gasteiger charge is 2.38. The number of aromatic amines is 1. The number of hydrogen-bond donors (Lipinski definition) is 2. The Hall–Kier alpha value is -2.35. The van der Waals surface area contributed by atoms with Gasteiger partial charge in [0.05, 0.1) is 35.0 Å². The third kappa shape index (κ3) is 2.16. The Morgan fingerprint density at radius 3 is 2.82 bits per heavy atom. The molecular formula is C13H14ClN5O3. The van der Waals surface area contributed by atoms with E-state index in [0.29, 0.717) is 11.4 Å². The molecule has 2 N–H and O–H groups in total. The molecule has 3 heterocycles. The van der Waals surface area contributed by atoms with E-state index < -0.39 is 17.9 Å². The van der Waals surface area contributed by atoms with Crippen molar-refractivity contribution in [2.45, 2.75) is 25.9 Å². The van der Waals surface area contributed by atoms with Crippen molar-refractivity contribution in [1.29, 1.82) is 0 Å². The van der Waals surface area contributed by atoms with E-state index in [1.807, 2.05) is 0 Å². The SMILES string of the molecule is Cc1nn(C)c(C(=O)N2Cc3[nH]cnc3CC2C(=O)O)c1Cl. The molecule has 2 aromatic heterocycles. The summed E-state index contributed by atoms with van der Waals surface area (Å²) >= 11 is 6.14. The number of imidazole rings is 1. The molecule has 1 amide bonds. The number of hydrogen-bond acceptors (Lipinski definition) is 4. The van der Waals surface area contributed by atoms with Crippen LogP contribution in [0, 0.1) is 6.92 Å². The quantitative estimate of drug-likeness (QED) is 0.849. The molecule has 8 nitrogen and oxygen atoms in total. The average molecular weight is 324 g/mol. The van der Waals surface area contributed by atoms with E-state index in [9.17, 15) is 14.7 Å². The number of carboxylic acid groups (broad SMARTS) is 1. The van der Waals surface area contributed by atoms with Gasteiger partial charge in [-0.25, -0.2) is 9.78 Å². The lowest BCUT2D eigenvalue weighted by atomic mass is 10.0. The maximum Gasteiger partial charge on any atom is 0.326 e. The Labute approximate surface area is 130 Å². The van der Waals surface area contributed by atoms with Gasteiger partial charge in [0, 0.05) is 13.5 Å². The molecule has 0 fully saturated rings. The molecule has 9 heteroatoms. The van der Waals surface area contributed by atoms with Crippen LogP contribution < -0.4 is 0 Å². The van der Waals surface area contributed by atoms with E-state index in [1.54, 1.807) is 14.0 Å². The number of carbonyl (C=O) groups excluding carboxylic acids is 1. The minimum absolute atomic E-state index is 0.145. The topological polar surface area (TPSA) is 104 Å². The van der Waals surface area contributed by atoms with Crippen LogP contribution in [-0.4, -0.2) is 47.7 Å². The van der Waals surface area contributed by atoms with Crippen molar-refractivity contribution in [1.82, 2.24) is 24.6 Å². The van der Waals surface area contributed by atoms with Gasteiger partial charge in [0.15, 0.2) is 0 Å². The van der Waals surface area contributed by atoms with E-state index in [4.69, 9.17) is 11.6 Å². The molecular weight excluding hydrogens is 310 g/mol. The number of halogens is 1. The van der Waals surface area contributed by atoms with E-state index in [0.717, 1.165) is 5.69 Å². The molecule has 1 aliphatic rings. The number of aromatic nitrogens is 4. The zero-order valence-corrected chi connectivity index (χ0v) is 12.8. The minimum Gasteiger partial charge on any atom is -0.480 e. The number of aryl methyl sites for hydroxylation is 2. The Balaban J connectivity index is 2.01. The van der Waals surface area contributed by atoms with Crippen LogP contribution >= 0.6 is 11.6 Å². The van der Waals surface area contributed by atoms with Crippen LogP contribution in [0.5, 0.6) is 0 Å². The number of aliphatic carboxylic acids is 1. The van der Waals surface area contributed by atoms with E-state index >= 15 is 0 Å². The summed E-state index contributed by atoms with van der Waals surface area (Å²) in [7, 11) is 1.60. The molecule has 116 valence electrons. The van der Waals surface area contributed by atoms with Crippen molar-refractivity contribution in [3.05, 3.63) is 34.1 Å². The van der Waals surface area contributed by atoms with Crippen molar-refractivity contribution in [2.24, 2.45) is 7.05 Å². The number of fused-ring (bicyclic) bond motifs is 1. The van der Waals surface area contributed by atoms with Crippen molar-refractivity contribution in [3.8, 4) is 0 Å². The van der Waals surface area contributed by atoms with Gasteiger partial charge in [-0.1, -0.05) is 11.6 Å². The summed E-state index contributed by atoms with van der Waals surface area (Å²) in [4.78, 5) is 32.6. The standard InChI is InChI=1S/C13H14ClN5O3/c1-6-10(14)11(18(2)17-6)12(20)19-4-8-7(15-5-16-8)3-9(19)13(21)22/h5,9H,3-4H2,1-2H3,(H,15,16)(H,21,22). The van der Waals surface area contributed by atoms with Gasteiger partial charge in [0.2, 0.25) is 0 Å². The average Bonchev–Trinajstić information content (AvgIpc) is 3.01. The smallest absolute Gasteiger partial charge is 0.326 e. The van der Waals surface area contributed by atoms with Crippen molar-refractivity contribution in [2.75, 3.05) is 0 Å². The van der Waals surface area contributed by atoms with Gasteiger partial charge in [0.1, 0.15) is 11.7 Å². The zero-order valence-electron chi connectivity index (χ0n) is 12.0. The lowest BCUT2D eigenvalue weighted by Gasteiger charge is -2.32. The molecule has 0 saturated heterocycles. The van der Waals surface area contributed by atoms with Gasteiger partial charge in [-0.3, -0.25) is 9.48 Å². The molecule has 0 radical (unpaired) electrons. The monoisotopic (exact) mass is 323 g/mol. The lowest BCUT2D eigenvalue weighted by molar-refractivity contribution is -0.142. The van der Waals surface area contributed by atoms with Crippen molar-refractivity contribution in [3.63, 3.8) is 0 Å². The van der Waals surface area contributed by atoms with Gasteiger partial charge in [-0.15, -0.1) is 0 Å². The number of H-pyrrole nitrogens is 1. The van der Waals surface area contributed by atoms with Gasteiger partial charge < -0.3 is 15.0 Å². The van der Waals surface area contributed by atoms with Crippen LogP contribution in [0.1, 0.15) is 27.6 Å². The summed E-state index contributed by atoms with van der Waals surface area (Å²) in [6.45, 7) is 1.84. The fraction of sp³-hybridized carbons (Fsp3) is 0.385. The van der Waals surface area contributed by atoms with Gasteiger partial charge in [-0.2, -0.15) is 5.10 Å². The number of amides is 1. The first-order valence-corrected chi connectivity index (χ1v) is 7.02. The Morgan fingerprint density at radius 1 is 1.50 bits per heavy atom. The molecule has 0 bridgehead atoms. The number of rotatable bonds is 2. The normalized spacial score (nSPS) is 17.4. The third-order valence-electron chi connectivity index (χ3n) is 3.80. The van der Waals surface area contributed by atoms with E-state index in [-0.39, 0.29) is 23.7 Å². The van der Waals surface area contributed by atoms with E-state index in [1.165, 1.54) is 15.9 Å². The summed E-state index contributed by atoms with van der Waals surface area (Å²) in [6.07, 6.45) is 1.66. The maximum absolute atomic E-state index is 12.8. The predicted octanol–water partition coefficient (Wildman–Crippen LogP) is 0.757. The molecule has 0 saturated carbocycles. The van der Waals surface area contributed by atoms with Crippen molar-refractivity contribution < 1.29 is 14.7 Å². The second-order valence-corrected chi connectivity index (χ2v) is 5.57. The highest BCUT2D eigenvalue weighted by molar-refractivity contribution is 6.34. The van der Waals surface area contributed by atoms with Crippen LogP contribution in [0.3, 0.4) is 0 Å². The first-order chi connectivity index (χ1) is 10.4. The van der Waals surface area contributed by atoms with Gasteiger partial charge >= 0.3 is 5.97 Å². The Bertz CT molecular complexity index is 766. The number of carbonyl (C=O) groups is 2. The number of nitrogens with zero attached hydrogens (tertiary/aromatic N) is 4.